The summed E-state index contributed by atoms with van der Waals surface area (Å²) in [6, 6.07) is 0.350. The van der Waals surface area contributed by atoms with Crippen molar-refractivity contribution in [2.45, 2.75) is 19.4 Å². The van der Waals surface area contributed by atoms with Gasteiger partial charge < -0.3 is 5.32 Å². The molecule has 4 heteroatoms. The second-order valence-electron chi connectivity index (χ2n) is 3.01. The van der Waals surface area contributed by atoms with Crippen molar-refractivity contribution < 1.29 is 8.78 Å². The Labute approximate surface area is 65.6 Å². The second-order valence-corrected chi connectivity index (χ2v) is 3.01. The summed E-state index contributed by atoms with van der Waals surface area (Å²) in [5.41, 5.74) is 0. The molecular weight excluding hydrogens is 150 g/mol. The van der Waals surface area contributed by atoms with Gasteiger partial charge in [-0.15, -0.1) is 0 Å². The molecule has 0 radical (unpaired) electrons. The number of hydrogen-bond acceptors (Lipinski definition) is 2. The zero-order valence-electron chi connectivity index (χ0n) is 6.69. The van der Waals surface area contributed by atoms with Gasteiger partial charge in [0.15, 0.2) is 0 Å². The Hall–Kier alpha value is -0.220. The predicted molar refractivity (Wildman–Crippen MR) is 39.9 cm³/mol. The highest BCUT2D eigenvalue weighted by Crippen LogP contribution is 2.02. The minimum atomic E-state index is -2.19. The van der Waals surface area contributed by atoms with Crippen LogP contribution in [0.1, 0.15) is 6.92 Å². The summed E-state index contributed by atoms with van der Waals surface area (Å²) < 4.78 is 23.8. The van der Waals surface area contributed by atoms with Crippen molar-refractivity contribution >= 4 is 0 Å². The highest BCUT2D eigenvalue weighted by Gasteiger charge is 2.18. The summed E-state index contributed by atoms with van der Waals surface area (Å²) in [4.78, 5) is 1.80. The molecule has 1 N–H and O–H groups in total. The van der Waals surface area contributed by atoms with Crippen molar-refractivity contribution in [2.75, 3.05) is 26.2 Å². The van der Waals surface area contributed by atoms with Crippen LogP contribution < -0.4 is 5.32 Å². The summed E-state index contributed by atoms with van der Waals surface area (Å²) in [6.45, 7) is 4.25. The number of rotatable bonds is 2. The normalized spacial score (nSPS) is 27.8. The average Bonchev–Trinajstić information content (AvgIpc) is 1.85. The molecule has 0 saturated carbocycles. The lowest BCUT2D eigenvalue weighted by Gasteiger charge is -2.31. The number of piperazine rings is 1. The smallest absolute Gasteiger partial charge is 0.251 e. The molecule has 11 heavy (non-hydrogen) atoms. The predicted octanol–water partition coefficient (Wildman–Crippen LogP) is 0.545. The fourth-order valence-electron chi connectivity index (χ4n) is 1.37. The first-order valence-electron chi connectivity index (χ1n) is 3.92. The molecule has 1 aliphatic heterocycles. The Morgan fingerprint density at radius 3 is 2.91 bits per heavy atom. The van der Waals surface area contributed by atoms with Crippen molar-refractivity contribution in [1.82, 2.24) is 10.2 Å². The minimum absolute atomic E-state index is 0.0774. The number of halogens is 2. The second kappa shape index (κ2) is 3.97. The maximum atomic E-state index is 11.9. The monoisotopic (exact) mass is 164 g/mol. The third-order valence-corrected chi connectivity index (χ3v) is 1.85. The van der Waals surface area contributed by atoms with Crippen LogP contribution in [0.25, 0.3) is 0 Å². The van der Waals surface area contributed by atoms with Crippen LogP contribution in [0.5, 0.6) is 0 Å². The lowest BCUT2D eigenvalue weighted by Crippen LogP contribution is -2.50. The molecule has 0 aromatic rings. The Morgan fingerprint density at radius 1 is 1.64 bits per heavy atom. The average molecular weight is 164 g/mol. The van der Waals surface area contributed by atoms with Crippen LogP contribution >= 0.6 is 0 Å². The fraction of sp³-hybridized carbons (Fsp3) is 1.00. The van der Waals surface area contributed by atoms with E-state index in [0.717, 1.165) is 19.6 Å². The molecular formula is C7H14F2N2. The van der Waals surface area contributed by atoms with E-state index in [4.69, 9.17) is 0 Å². The Bertz CT molecular complexity index is 117. The molecule has 0 bridgehead atoms. The van der Waals surface area contributed by atoms with Crippen molar-refractivity contribution in [3.63, 3.8) is 0 Å². The van der Waals surface area contributed by atoms with Crippen LogP contribution in [0.15, 0.2) is 0 Å². The van der Waals surface area contributed by atoms with Gasteiger partial charge in [0, 0.05) is 25.7 Å². The Balaban J connectivity index is 2.23. The van der Waals surface area contributed by atoms with Crippen LogP contribution in [0.2, 0.25) is 0 Å². The molecule has 1 saturated heterocycles. The van der Waals surface area contributed by atoms with Crippen molar-refractivity contribution in [2.24, 2.45) is 0 Å². The molecule has 1 rings (SSSR count). The van der Waals surface area contributed by atoms with Crippen LogP contribution in [-0.2, 0) is 0 Å². The van der Waals surface area contributed by atoms with E-state index >= 15 is 0 Å². The summed E-state index contributed by atoms with van der Waals surface area (Å²) in [5, 5.41) is 3.20. The number of nitrogens with one attached hydrogen (secondary N) is 1. The number of nitrogens with zero attached hydrogens (tertiary/aromatic N) is 1. The van der Waals surface area contributed by atoms with Gasteiger partial charge in [0.2, 0.25) is 0 Å². The largest absolute Gasteiger partial charge is 0.312 e. The van der Waals surface area contributed by atoms with Gasteiger partial charge in [-0.3, -0.25) is 4.90 Å². The topological polar surface area (TPSA) is 15.3 Å². The first-order valence-corrected chi connectivity index (χ1v) is 3.92. The van der Waals surface area contributed by atoms with Gasteiger partial charge in [0.1, 0.15) is 0 Å². The SMILES string of the molecule is C[C@@H]1CN(CC(F)F)CCN1. The quantitative estimate of drug-likeness (QED) is 0.641. The van der Waals surface area contributed by atoms with E-state index < -0.39 is 6.43 Å². The van der Waals surface area contributed by atoms with Gasteiger partial charge in [-0.05, 0) is 6.92 Å². The molecule has 0 aromatic heterocycles. The van der Waals surface area contributed by atoms with E-state index in [1.165, 1.54) is 0 Å². The van der Waals surface area contributed by atoms with Crippen LogP contribution in [0, 0.1) is 0 Å². The zero-order valence-corrected chi connectivity index (χ0v) is 6.69. The van der Waals surface area contributed by atoms with Crippen LogP contribution in [0.3, 0.4) is 0 Å². The van der Waals surface area contributed by atoms with E-state index in [1.807, 2.05) is 6.92 Å². The van der Waals surface area contributed by atoms with E-state index in [-0.39, 0.29) is 6.54 Å². The third kappa shape index (κ3) is 3.12. The van der Waals surface area contributed by atoms with Crippen LogP contribution in [-0.4, -0.2) is 43.5 Å². The number of hydrogen-bond donors (Lipinski definition) is 1. The van der Waals surface area contributed by atoms with Gasteiger partial charge in [-0.1, -0.05) is 0 Å². The maximum Gasteiger partial charge on any atom is 0.251 e. The molecule has 1 atom stereocenters. The molecule has 0 unspecified atom stereocenters. The van der Waals surface area contributed by atoms with Crippen LogP contribution in [0.4, 0.5) is 8.78 Å². The van der Waals surface area contributed by atoms with Crippen molar-refractivity contribution in [3.05, 3.63) is 0 Å². The summed E-state index contributed by atoms with van der Waals surface area (Å²) >= 11 is 0. The van der Waals surface area contributed by atoms with E-state index in [1.54, 1.807) is 4.90 Å². The third-order valence-electron chi connectivity index (χ3n) is 1.85. The maximum absolute atomic E-state index is 11.9. The van der Waals surface area contributed by atoms with E-state index in [9.17, 15) is 8.78 Å². The van der Waals surface area contributed by atoms with Gasteiger partial charge in [0.25, 0.3) is 6.43 Å². The molecule has 0 amide bonds. The van der Waals surface area contributed by atoms with Crippen molar-refractivity contribution in [1.29, 1.82) is 0 Å². The molecule has 0 aliphatic carbocycles. The molecule has 0 spiro atoms. The molecule has 66 valence electrons. The van der Waals surface area contributed by atoms with Crippen molar-refractivity contribution in [3.8, 4) is 0 Å². The van der Waals surface area contributed by atoms with Gasteiger partial charge in [0.05, 0.1) is 6.54 Å². The first kappa shape index (κ1) is 8.87. The highest BCUT2D eigenvalue weighted by atomic mass is 19.3. The minimum Gasteiger partial charge on any atom is -0.312 e. The zero-order chi connectivity index (χ0) is 8.27. The van der Waals surface area contributed by atoms with Gasteiger partial charge in [-0.25, -0.2) is 8.78 Å². The summed E-state index contributed by atoms with van der Waals surface area (Å²) in [5.74, 6) is 0. The first-order chi connectivity index (χ1) is 5.18. The molecule has 1 fully saturated rings. The molecule has 2 nitrogen and oxygen atoms in total. The lowest BCUT2D eigenvalue weighted by atomic mass is 10.2. The fourth-order valence-corrected chi connectivity index (χ4v) is 1.37. The standard InChI is InChI=1S/C7H14F2N2/c1-6-4-11(3-2-10-6)5-7(8)9/h6-7,10H,2-5H2,1H3/t6-/m1/s1. The molecule has 1 heterocycles. The molecule has 0 aromatic carbocycles. The lowest BCUT2D eigenvalue weighted by molar-refractivity contribution is 0.0747. The van der Waals surface area contributed by atoms with Gasteiger partial charge in [-0.2, -0.15) is 0 Å². The summed E-state index contributed by atoms with van der Waals surface area (Å²) in [6.07, 6.45) is -2.19. The Kier molecular flexibility index (Phi) is 3.20. The highest BCUT2D eigenvalue weighted by molar-refractivity contribution is 4.74. The van der Waals surface area contributed by atoms with Gasteiger partial charge >= 0.3 is 0 Å². The number of alkyl halides is 2. The Morgan fingerprint density at radius 2 is 2.36 bits per heavy atom. The summed E-state index contributed by atoms with van der Waals surface area (Å²) in [7, 11) is 0. The van der Waals surface area contributed by atoms with E-state index in [2.05, 4.69) is 5.32 Å². The van der Waals surface area contributed by atoms with E-state index in [0.29, 0.717) is 6.04 Å². The molecule has 1 aliphatic rings.